The summed E-state index contributed by atoms with van der Waals surface area (Å²) >= 11 is 3.37. The number of fused-ring (bicyclic) bond motifs is 1. The van der Waals surface area contributed by atoms with E-state index >= 15 is 0 Å². The molecule has 1 unspecified atom stereocenters. The molecule has 0 N–H and O–H groups in total. The molecule has 1 saturated heterocycles. The molecule has 0 spiro atoms. The molecule has 0 saturated carbocycles. The van der Waals surface area contributed by atoms with E-state index in [0.717, 1.165) is 18.4 Å². The van der Waals surface area contributed by atoms with Crippen LogP contribution in [0.3, 0.4) is 0 Å². The van der Waals surface area contributed by atoms with Gasteiger partial charge in [0.1, 0.15) is 0 Å². The molecule has 0 aromatic heterocycles. The van der Waals surface area contributed by atoms with Crippen LogP contribution in [-0.4, -0.2) is 50.5 Å². The molecule has 6 nitrogen and oxygen atoms in total. The van der Waals surface area contributed by atoms with Crippen LogP contribution in [0.2, 0.25) is 0 Å². The lowest BCUT2D eigenvalue weighted by molar-refractivity contribution is -0.132. The van der Waals surface area contributed by atoms with Gasteiger partial charge in [0, 0.05) is 37.5 Å². The third-order valence-corrected chi connectivity index (χ3v) is 7.48. The number of carbonyl (C=O) groups excluding carboxylic acids is 2. The van der Waals surface area contributed by atoms with Crippen molar-refractivity contribution in [3.63, 3.8) is 0 Å². The average Bonchev–Trinajstić information content (AvgIpc) is 3.02. The van der Waals surface area contributed by atoms with Crippen LogP contribution in [0.5, 0.6) is 0 Å². The number of piperidine rings is 1. The molecule has 1 fully saturated rings. The summed E-state index contributed by atoms with van der Waals surface area (Å²) in [5.74, 6) is -0.0754. The van der Waals surface area contributed by atoms with Gasteiger partial charge in [-0.15, -0.1) is 0 Å². The topological polar surface area (TPSA) is 74.8 Å². The van der Waals surface area contributed by atoms with Gasteiger partial charge in [0.15, 0.2) is 9.84 Å². The fraction of sp³-hybridized carbons (Fsp3) is 0.579. The van der Waals surface area contributed by atoms with Gasteiger partial charge in [-0.05, 0) is 42.9 Å². The summed E-state index contributed by atoms with van der Waals surface area (Å²) < 4.78 is 26.7. The highest BCUT2D eigenvalue weighted by Crippen LogP contribution is 2.38. The van der Waals surface area contributed by atoms with Gasteiger partial charge in [-0.3, -0.25) is 9.59 Å². The summed E-state index contributed by atoms with van der Waals surface area (Å²) in [4.78, 5) is 27.8. The molecular formula is C19H25BrN2O4S. The molecule has 3 rings (SSSR count). The summed E-state index contributed by atoms with van der Waals surface area (Å²) in [5, 5.41) is 0. The monoisotopic (exact) mass is 456 g/mol. The van der Waals surface area contributed by atoms with Crippen molar-refractivity contribution in [3.8, 4) is 0 Å². The quantitative estimate of drug-likeness (QED) is 0.697. The van der Waals surface area contributed by atoms with Crippen molar-refractivity contribution in [2.45, 2.75) is 44.4 Å². The number of likely N-dealkylation sites (tertiary alicyclic amines) is 1. The molecule has 2 aliphatic heterocycles. The predicted octanol–water partition coefficient (Wildman–Crippen LogP) is 2.78. The number of hydrogen-bond acceptors (Lipinski definition) is 4. The Hall–Kier alpha value is -1.41. The molecule has 2 aliphatic rings. The van der Waals surface area contributed by atoms with Gasteiger partial charge < -0.3 is 9.80 Å². The van der Waals surface area contributed by atoms with E-state index in [-0.39, 0.29) is 28.9 Å². The van der Waals surface area contributed by atoms with Crippen LogP contribution < -0.4 is 4.90 Å². The van der Waals surface area contributed by atoms with Gasteiger partial charge in [0.05, 0.1) is 16.3 Å². The van der Waals surface area contributed by atoms with Crippen LogP contribution in [0.4, 0.5) is 5.69 Å². The lowest BCUT2D eigenvalue weighted by atomic mass is 10.0. The summed E-state index contributed by atoms with van der Waals surface area (Å²) in [6, 6.07) is 3.40. The number of rotatable bonds is 4. The second-order valence-electron chi connectivity index (χ2n) is 7.49. The Morgan fingerprint density at radius 3 is 2.67 bits per heavy atom. The largest absolute Gasteiger partial charge is 0.342 e. The van der Waals surface area contributed by atoms with Gasteiger partial charge in [0.25, 0.3) is 0 Å². The standard InChI is InChI=1S/C19H25BrN2O4S/c1-13-4-3-7-21(12-13)18(24)6-9-27(25,26)17-11-16(20)10-15-5-8-22(14(2)23)19(15)17/h10-11,13H,3-9,12H2,1-2H3. The van der Waals surface area contributed by atoms with Crippen molar-refractivity contribution in [2.24, 2.45) is 5.92 Å². The number of amides is 2. The van der Waals surface area contributed by atoms with Crippen molar-refractivity contribution in [1.29, 1.82) is 0 Å². The van der Waals surface area contributed by atoms with Crippen molar-refractivity contribution >= 4 is 43.3 Å². The van der Waals surface area contributed by atoms with E-state index in [2.05, 4.69) is 22.9 Å². The first kappa shape index (κ1) is 20.3. The molecule has 0 aliphatic carbocycles. The second-order valence-corrected chi connectivity index (χ2v) is 10.5. The van der Waals surface area contributed by atoms with Crippen molar-refractivity contribution in [2.75, 3.05) is 30.3 Å². The van der Waals surface area contributed by atoms with E-state index < -0.39 is 9.84 Å². The van der Waals surface area contributed by atoms with E-state index in [1.165, 1.54) is 11.8 Å². The van der Waals surface area contributed by atoms with Gasteiger partial charge >= 0.3 is 0 Å². The van der Waals surface area contributed by atoms with E-state index in [1.807, 2.05) is 6.07 Å². The van der Waals surface area contributed by atoms with Gasteiger partial charge in [-0.25, -0.2) is 8.42 Å². The maximum atomic E-state index is 13.0. The zero-order valence-corrected chi connectivity index (χ0v) is 18.1. The Morgan fingerprint density at radius 1 is 1.26 bits per heavy atom. The third kappa shape index (κ3) is 4.37. The Labute approximate surface area is 168 Å². The normalized spacial score (nSPS) is 19.9. The Kier molecular flexibility index (Phi) is 5.96. The molecule has 0 radical (unpaired) electrons. The van der Waals surface area contributed by atoms with E-state index in [4.69, 9.17) is 0 Å². The molecule has 27 heavy (non-hydrogen) atoms. The number of halogens is 1. The molecule has 1 aromatic rings. The minimum absolute atomic E-state index is 0.0313. The maximum Gasteiger partial charge on any atom is 0.223 e. The van der Waals surface area contributed by atoms with Crippen LogP contribution in [0.25, 0.3) is 0 Å². The Morgan fingerprint density at radius 2 is 2.00 bits per heavy atom. The van der Waals surface area contributed by atoms with Crippen molar-refractivity contribution in [1.82, 2.24) is 4.90 Å². The minimum atomic E-state index is -3.69. The van der Waals surface area contributed by atoms with E-state index in [9.17, 15) is 18.0 Å². The lowest BCUT2D eigenvalue weighted by Crippen LogP contribution is -2.39. The Bertz CT molecular complexity index is 869. The highest BCUT2D eigenvalue weighted by molar-refractivity contribution is 9.10. The van der Waals surface area contributed by atoms with Crippen molar-refractivity contribution < 1.29 is 18.0 Å². The van der Waals surface area contributed by atoms with Crippen molar-refractivity contribution in [3.05, 3.63) is 22.2 Å². The van der Waals surface area contributed by atoms with Gasteiger partial charge in [-0.1, -0.05) is 22.9 Å². The molecule has 2 heterocycles. The lowest BCUT2D eigenvalue weighted by Gasteiger charge is -2.31. The number of benzene rings is 1. The Balaban J connectivity index is 1.81. The fourth-order valence-corrected chi connectivity index (χ4v) is 6.09. The zero-order chi connectivity index (χ0) is 19.8. The molecule has 0 bridgehead atoms. The first-order valence-corrected chi connectivity index (χ1v) is 11.7. The number of hydrogen-bond donors (Lipinski definition) is 0. The highest BCUT2D eigenvalue weighted by atomic mass is 79.9. The first-order valence-electron chi connectivity index (χ1n) is 9.30. The fourth-order valence-electron chi connectivity index (χ4n) is 3.93. The van der Waals surface area contributed by atoms with Crippen LogP contribution >= 0.6 is 15.9 Å². The second kappa shape index (κ2) is 7.91. The van der Waals surface area contributed by atoms with Crippen LogP contribution in [0.1, 0.15) is 38.7 Å². The first-order chi connectivity index (χ1) is 12.7. The average molecular weight is 457 g/mol. The number of sulfone groups is 1. The minimum Gasteiger partial charge on any atom is -0.342 e. The maximum absolute atomic E-state index is 13.0. The predicted molar refractivity (Wildman–Crippen MR) is 108 cm³/mol. The summed E-state index contributed by atoms with van der Waals surface area (Å²) in [6.07, 6.45) is 2.66. The summed E-state index contributed by atoms with van der Waals surface area (Å²) in [6.45, 7) is 5.43. The number of nitrogens with zero attached hydrogens (tertiary/aromatic N) is 2. The highest BCUT2D eigenvalue weighted by Gasteiger charge is 2.32. The molecular weight excluding hydrogens is 432 g/mol. The molecule has 1 atom stereocenters. The number of anilines is 1. The molecule has 1 aromatic carbocycles. The molecule has 148 valence electrons. The SMILES string of the molecule is CC(=O)N1CCc2cc(Br)cc(S(=O)(=O)CCC(=O)N3CCCC(C)C3)c21. The molecule has 2 amide bonds. The molecule has 8 heteroatoms. The smallest absolute Gasteiger partial charge is 0.223 e. The summed E-state index contributed by atoms with van der Waals surface area (Å²) in [7, 11) is -3.69. The van der Waals surface area contributed by atoms with Gasteiger partial charge in [-0.2, -0.15) is 0 Å². The van der Waals surface area contributed by atoms with Crippen LogP contribution in [0, 0.1) is 5.92 Å². The van der Waals surface area contributed by atoms with Gasteiger partial charge in [0.2, 0.25) is 11.8 Å². The van der Waals surface area contributed by atoms with Crippen LogP contribution in [0.15, 0.2) is 21.5 Å². The summed E-state index contributed by atoms with van der Waals surface area (Å²) in [5.41, 5.74) is 1.32. The van der Waals surface area contributed by atoms with Crippen LogP contribution in [-0.2, 0) is 25.8 Å². The third-order valence-electron chi connectivity index (χ3n) is 5.30. The van der Waals surface area contributed by atoms with E-state index in [1.54, 1.807) is 11.0 Å². The zero-order valence-electron chi connectivity index (χ0n) is 15.7. The number of carbonyl (C=O) groups is 2. The van der Waals surface area contributed by atoms with E-state index in [0.29, 0.717) is 42.1 Å².